The van der Waals surface area contributed by atoms with Crippen molar-refractivity contribution >= 4 is 5.97 Å². The second kappa shape index (κ2) is 6.64. The van der Waals surface area contributed by atoms with E-state index in [1.54, 1.807) is 0 Å². The standard InChI is InChI=1S/C10H3F17O2/c11-3(12,1-2(28)29)4(13,14)5(15,16)6(17,18)7(19,20)8(21,22)9(23,24)10(25,26)27/h1H2,(H,28,29)/i1+1,2+1. The lowest BCUT2D eigenvalue weighted by Gasteiger charge is -2.42. The van der Waals surface area contributed by atoms with Crippen molar-refractivity contribution in [2.24, 2.45) is 0 Å². The lowest BCUT2D eigenvalue weighted by molar-refractivity contribution is -0.461. The van der Waals surface area contributed by atoms with E-state index in [0.717, 1.165) is 0 Å². The molecule has 19 heteroatoms. The molecule has 0 aromatic heterocycles. The molecule has 1 N–H and O–H groups in total. The molecule has 0 saturated carbocycles. The second-order valence-corrected chi connectivity index (χ2v) is 5.22. The Morgan fingerprint density at radius 1 is 0.483 bits per heavy atom. The molecule has 0 saturated heterocycles. The van der Waals surface area contributed by atoms with Crippen LogP contribution in [0.15, 0.2) is 0 Å². The molecule has 0 rings (SSSR count). The summed E-state index contributed by atoms with van der Waals surface area (Å²) in [4.78, 5) is 9.90. The Bertz CT molecular complexity index is 631. The van der Waals surface area contributed by atoms with Crippen molar-refractivity contribution in [2.75, 3.05) is 0 Å². The number of hydrogen-bond donors (Lipinski definition) is 1. The summed E-state index contributed by atoms with van der Waals surface area (Å²) in [7, 11) is 0. The highest BCUT2D eigenvalue weighted by Gasteiger charge is 2.95. The fourth-order valence-corrected chi connectivity index (χ4v) is 1.50. The van der Waals surface area contributed by atoms with Crippen molar-refractivity contribution in [3.8, 4) is 0 Å². The van der Waals surface area contributed by atoms with Crippen molar-refractivity contribution in [1.29, 1.82) is 0 Å². The molecule has 0 heterocycles. The van der Waals surface area contributed by atoms with E-state index in [-0.39, 0.29) is 0 Å². The van der Waals surface area contributed by atoms with Gasteiger partial charge in [-0.25, -0.2) is 0 Å². The topological polar surface area (TPSA) is 37.3 Å². The minimum atomic E-state index is -8.72. The van der Waals surface area contributed by atoms with Crippen molar-refractivity contribution < 1.29 is 84.5 Å². The summed E-state index contributed by atoms with van der Waals surface area (Å²) in [6, 6.07) is 0. The summed E-state index contributed by atoms with van der Waals surface area (Å²) in [6.45, 7) is 0. The molecule has 0 unspecified atom stereocenters. The van der Waals surface area contributed by atoms with Gasteiger partial charge in [0.1, 0.15) is 6.42 Å². The van der Waals surface area contributed by atoms with Gasteiger partial charge in [0.15, 0.2) is 0 Å². The van der Waals surface area contributed by atoms with Gasteiger partial charge in [-0.2, -0.15) is 74.6 Å². The average molecular weight is 480 g/mol. The van der Waals surface area contributed by atoms with Crippen LogP contribution in [0.2, 0.25) is 0 Å². The highest BCUT2D eigenvalue weighted by Crippen LogP contribution is 2.64. The first-order valence-electron chi connectivity index (χ1n) is 6.10. The van der Waals surface area contributed by atoms with Gasteiger partial charge in [-0.1, -0.05) is 0 Å². The van der Waals surface area contributed by atoms with Gasteiger partial charge < -0.3 is 5.11 Å². The quantitative estimate of drug-likeness (QED) is 0.370. The molecule has 0 aromatic rings. The minimum absolute atomic E-state index is 3.13. The molecule has 0 bridgehead atoms. The van der Waals surface area contributed by atoms with Crippen LogP contribution in [0.25, 0.3) is 0 Å². The largest absolute Gasteiger partial charge is 0.481 e. The van der Waals surface area contributed by atoms with Crippen LogP contribution in [0.4, 0.5) is 74.6 Å². The summed E-state index contributed by atoms with van der Waals surface area (Å²) in [5, 5.41) is 7.83. The maximum absolute atomic E-state index is 13.1. The van der Waals surface area contributed by atoms with Gasteiger partial charge in [0, 0.05) is 0 Å². The van der Waals surface area contributed by atoms with E-state index in [0.29, 0.717) is 0 Å². The van der Waals surface area contributed by atoms with Gasteiger partial charge >= 0.3 is 53.6 Å². The summed E-state index contributed by atoms with van der Waals surface area (Å²) < 4.78 is 216. The highest BCUT2D eigenvalue weighted by molar-refractivity contribution is 5.68. The zero-order valence-electron chi connectivity index (χ0n) is 12.5. The Labute approximate surface area is 146 Å². The van der Waals surface area contributed by atoms with Gasteiger partial charge in [-0.05, 0) is 0 Å². The molecule has 0 aliphatic carbocycles. The number of halogens is 17. The molecule has 0 amide bonds. The molecule has 0 fully saturated rings. The number of aliphatic carboxylic acids is 1. The fraction of sp³-hybridized carbons (Fsp3) is 0.900. The van der Waals surface area contributed by atoms with Gasteiger partial charge in [0.2, 0.25) is 0 Å². The van der Waals surface area contributed by atoms with E-state index in [2.05, 4.69) is 0 Å². The third-order valence-corrected chi connectivity index (χ3v) is 3.16. The zero-order valence-corrected chi connectivity index (χ0v) is 12.5. The average Bonchev–Trinajstić information content (AvgIpc) is 2.43. The Hall–Kier alpha value is -1.72. The molecular formula is C10H3F17O2. The van der Waals surface area contributed by atoms with Crippen LogP contribution in [0, 0.1) is 0 Å². The monoisotopic (exact) mass is 480 g/mol. The molecule has 0 radical (unpaired) electrons. The SMILES string of the molecule is O=[13C](O)[13CH2]C(F)(F)C(F)(F)C(F)(F)C(F)(F)C(F)(F)C(F)(F)C(F)(F)C(F)(F)F. The van der Waals surface area contributed by atoms with Crippen molar-refractivity contribution in [3.63, 3.8) is 0 Å². The first-order valence-corrected chi connectivity index (χ1v) is 6.10. The number of carbonyl (C=O) groups is 1. The van der Waals surface area contributed by atoms with E-state index in [9.17, 15) is 79.4 Å². The van der Waals surface area contributed by atoms with Crippen molar-refractivity contribution in [1.82, 2.24) is 0 Å². The van der Waals surface area contributed by atoms with Crippen LogP contribution in [0.1, 0.15) is 6.42 Å². The van der Waals surface area contributed by atoms with Crippen LogP contribution >= 0.6 is 0 Å². The number of carboxylic acids is 1. The van der Waals surface area contributed by atoms with Crippen molar-refractivity contribution in [2.45, 2.75) is 54.1 Å². The smallest absolute Gasteiger partial charge is 0.460 e. The summed E-state index contributed by atoms with van der Waals surface area (Å²) >= 11 is 0. The number of alkyl halides is 17. The van der Waals surface area contributed by atoms with Gasteiger partial charge in [-0.3, -0.25) is 4.79 Å². The van der Waals surface area contributed by atoms with Crippen LogP contribution < -0.4 is 0 Å². The molecule has 0 aromatic carbocycles. The molecule has 0 spiro atoms. The molecular weight excluding hydrogens is 477 g/mol. The minimum Gasteiger partial charge on any atom is -0.481 e. The molecule has 0 aliphatic heterocycles. The Balaban J connectivity index is 6.69. The lowest BCUT2D eigenvalue weighted by Crippen LogP contribution is -2.74. The van der Waals surface area contributed by atoms with Gasteiger partial charge in [0.05, 0.1) is 0 Å². The van der Waals surface area contributed by atoms with Crippen molar-refractivity contribution in [3.05, 3.63) is 0 Å². The predicted octanol–water partition coefficient (Wildman–Crippen LogP) is 5.47. The maximum Gasteiger partial charge on any atom is 0.460 e. The molecule has 0 aliphatic rings. The Morgan fingerprint density at radius 3 is 0.966 bits per heavy atom. The maximum atomic E-state index is 13.1. The lowest BCUT2D eigenvalue weighted by atomic mass is 9.90. The normalized spacial score (nSPS) is 16.2. The van der Waals surface area contributed by atoms with E-state index in [1.165, 1.54) is 0 Å². The molecule has 2 nitrogen and oxygen atoms in total. The summed E-state index contributed by atoms with van der Waals surface area (Å²) in [5.41, 5.74) is 0. The van der Waals surface area contributed by atoms with Crippen LogP contribution in [-0.2, 0) is 4.79 Å². The van der Waals surface area contributed by atoms with Gasteiger partial charge in [-0.15, -0.1) is 0 Å². The zero-order chi connectivity index (χ0) is 24.3. The molecule has 0 atom stereocenters. The highest BCUT2D eigenvalue weighted by atomic mass is 19.4. The second-order valence-electron chi connectivity index (χ2n) is 5.22. The third kappa shape index (κ3) is 3.53. The first-order chi connectivity index (χ1) is 12.2. The third-order valence-electron chi connectivity index (χ3n) is 3.16. The number of rotatable bonds is 8. The summed E-state index contributed by atoms with van der Waals surface area (Å²) in [6.07, 6.45) is -11.3. The number of hydrogen-bond acceptors (Lipinski definition) is 1. The van der Waals surface area contributed by atoms with E-state index >= 15 is 0 Å². The van der Waals surface area contributed by atoms with E-state index in [1.807, 2.05) is 0 Å². The Morgan fingerprint density at radius 2 is 0.724 bits per heavy atom. The molecule has 29 heavy (non-hydrogen) atoms. The molecule has 174 valence electrons. The number of carboxylic acid groups (broad SMARTS) is 1. The van der Waals surface area contributed by atoms with Gasteiger partial charge in [0.25, 0.3) is 0 Å². The van der Waals surface area contributed by atoms with E-state index in [4.69, 9.17) is 5.11 Å². The first kappa shape index (κ1) is 27.3. The van der Waals surface area contributed by atoms with Crippen LogP contribution in [-0.4, -0.2) is 58.7 Å². The fourth-order valence-electron chi connectivity index (χ4n) is 1.50. The van der Waals surface area contributed by atoms with Crippen LogP contribution in [0.5, 0.6) is 0 Å². The predicted molar refractivity (Wildman–Crippen MR) is 52.9 cm³/mol. The van der Waals surface area contributed by atoms with E-state index < -0.39 is 60.0 Å². The Kier molecular flexibility index (Phi) is 6.25. The van der Waals surface area contributed by atoms with Crippen LogP contribution in [0.3, 0.4) is 0 Å². The summed E-state index contributed by atoms with van der Waals surface area (Å²) in [5.74, 6) is -60.6.